The Kier molecular flexibility index (Phi) is 12.3. The van der Waals surface area contributed by atoms with Crippen molar-refractivity contribution in [2.24, 2.45) is 5.92 Å². The summed E-state index contributed by atoms with van der Waals surface area (Å²) in [5.74, 6) is 1.59. The van der Waals surface area contributed by atoms with Gasteiger partial charge in [-0.3, -0.25) is 4.98 Å². The standard InChI is InChI=1S/C37H32N3.C18H24NSi.Ir/c1-24(2)28-16-12-17-29(25(3)4)36(28)40-35-20-11-9-18-32(35)38-37(40)26-21-22-34-31(23-26)30-15-8-10-19-33(30)39(34)27-13-6-5-7-14-27;1-14(2)11-16-12-17(15-9-7-6-8-10-15)19-13-18(16)20(3,4)5;/h5-20,22-25H,1-4H3;6-9,12-14H,11H2,1-5H3;/q2*-1;/i;11D2;. The SMILES string of the molecule is CC(C)c1cccc(C(C)C)c1-n1c(-c2[c-]cc3c(c2)c2ccccc2n3-c2ccccc2)nc2ccccc21.[2H]C([2H])(c1cc(-c2[c-]cccc2)ncc1[Si](C)(C)C)C(C)C.[Ir]. The number of rotatable bonds is 9. The summed E-state index contributed by atoms with van der Waals surface area (Å²) in [6, 6.07) is 55.3. The van der Waals surface area contributed by atoms with E-state index in [0.717, 1.165) is 55.6 Å². The van der Waals surface area contributed by atoms with Crippen molar-refractivity contribution in [1.29, 1.82) is 0 Å². The molecule has 6 aromatic carbocycles. The molecule has 311 valence electrons. The van der Waals surface area contributed by atoms with Crippen molar-refractivity contribution in [2.45, 2.75) is 79.4 Å². The van der Waals surface area contributed by atoms with Gasteiger partial charge in [-0.1, -0.05) is 145 Å². The van der Waals surface area contributed by atoms with E-state index in [1.807, 2.05) is 50.4 Å². The second-order valence-corrected chi connectivity index (χ2v) is 22.7. The smallest absolute Gasteiger partial charge is 0.0798 e. The maximum atomic E-state index is 8.55. The number of hydrogen-bond donors (Lipinski definition) is 0. The van der Waals surface area contributed by atoms with Crippen LogP contribution in [0.25, 0.3) is 66.9 Å². The fourth-order valence-electron chi connectivity index (χ4n) is 8.28. The Morgan fingerprint density at radius 3 is 1.95 bits per heavy atom. The second kappa shape index (κ2) is 18.3. The molecule has 0 fully saturated rings. The molecule has 0 atom stereocenters. The van der Waals surface area contributed by atoms with Crippen molar-refractivity contribution in [3.8, 4) is 34.0 Å². The Labute approximate surface area is 379 Å². The molecule has 0 amide bonds. The van der Waals surface area contributed by atoms with E-state index in [2.05, 4.69) is 183 Å². The summed E-state index contributed by atoms with van der Waals surface area (Å²) in [4.78, 5) is 9.82. The molecule has 0 aliphatic heterocycles. The number of para-hydroxylation sites is 5. The van der Waals surface area contributed by atoms with Crippen molar-refractivity contribution in [2.75, 3.05) is 0 Å². The van der Waals surface area contributed by atoms with Gasteiger partial charge in [0, 0.05) is 45.9 Å². The molecule has 0 aliphatic carbocycles. The predicted octanol–water partition coefficient (Wildman–Crippen LogP) is 14.1. The summed E-state index contributed by atoms with van der Waals surface area (Å²) >= 11 is 0. The van der Waals surface area contributed by atoms with Crippen LogP contribution in [-0.2, 0) is 26.5 Å². The Bertz CT molecular complexity index is 2990. The van der Waals surface area contributed by atoms with Crippen LogP contribution in [0.3, 0.4) is 0 Å². The molecule has 9 rings (SSSR count). The van der Waals surface area contributed by atoms with Crippen LogP contribution >= 0.6 is 0 Å². The van der Waals surface area contributed by atoms with Crippen LogP contribution in [0, 0.1) is 18.1 Å². The van der Waals surface area contributed by atoms with E-state index in [1.54, 1.807) is 0 Å². The number of aromatic nitrogens is 4. The zero-order valence-electron chi connectivity index (χ0n) is 38.7. The summed E-state index contributed by atoms with van der Waals surface area (Å²) in [6.07, 6.45) is 0.528. The van der Waals surface area contributed by atoms with Crippen LogP contribution in [0.2, 0.25) is 19.6 Å². The molecule has 9 aromatic rings. The average Bonchev–Trinajstić information content (AvgIpc) is 3.82. The second-order valence-electron chi connectivity index (χ2n) is 17.6. The van der Waals surface area contributed by atoms with Gasteiger partial charge in [-0.15, -0.1) is 59.7 Å². The Morgan fingerprint density at radius 2 is 1.30 bits per heavy atom. The first-order chi connectivity index (χ1) is 29.7. The maximum Gasteiger partial charge on any atom is 0.0798 e. The van der Waals surface area contributed by atoms with Gasteiger partial charge in [-0.25, -0.2) is 0 Å². The van der Waals surface area contributed by atoms with E-state index in [9.17, 15) is 0 Å². The van der Waals surface area contributed by atoms with Crippen LogP contribution < -0.4 is 5.19 Å². The third-order valence-electron chi connectivity index (χ3n) is 11.1. The summed E-state index contributed by atoms with van der Waals surface area (Å²) < 4.78 is 21.8. The summed E-state index contributed by atoms with van der Waals surface area (Å²) in [5.41, 5.74) is 13.0. The third-order valence-corrected chi connectivity index (χ3v) is 13.1. The molecule has 0 aliphatic rings. The van der Waals surface area contributed by atoms with Gasteiger partial charge in [0.25, 0.3) is 0 Å². The van der Waals surface area contributed by atoms with Crippen molar-refractivity contribution in [1.82, 2.24) is 19.1 Å². The van der Waals surface area contributed by atoms with Crippen LogP contribution in [0.15, 0.2) is 146 Å². The van der Waals surface area contributed by atoms with E-state index >= 15 is 0 Å². The first-order valence-corrected chi connectivity index (χ1v) is 24.8. The number of hydrogen-bond acceptors (Lipinski definition) is 2. The van der Waals surface area contributed by atoms with E-state index < -0.39 is 14.4 Å². The van der Waals surface area contributed by atoms with E-state index in [1.165, 1.54) is 33.1 Å². The first-order valence-electron chi connectivity index (χ1n) is 22.3. The number of nitrogens with zero attached hydrogens (tertiary/aromatic N) is 4. The quantitative estimate of drug-likeness (QED) is 0.107. The zero-order valence-corrected chi connectivity index (χ0v) is 40.1. The van der Waals surface area contributed by atoms with Crippen LogP contribution in [0.1, 0.15) is 72.8 Å². The summed E-state index contributed by atoms with van der Waals surface area (Å²) in [7, 11) is -1.67. The van der Waals surface area contributed by atoms with Crippen LogP contribution in [0.4, 0.5) is 0 Å². The van der Waals surface area contributed by atoms with Crippen LogP contribution in [0.5, 0.6) is 0 Å². The van der Waals surface area contributed by atoms with Gasteiger partial charge in [0.2, 0.25) is 0 Å². The van der Waals surface area contributed by atoms with E-state index in [4.69, 9.17) is 7.73 Å². The summed E-state index contributed by atoms with van der Waals surface area (Å²) in [6.45, 7) is 19.7. The van der Waals surface area contributed by atoms with Gasteiger partial charge in [0.1, 0.15) is 0 Å². The Morgan fingerprint density at radius 1 is 0.639 bits per heavy atom. The monoisotopic (exact) mass is 995 g/mol. The van der Waals surface area contributed by atoms with E-state index in [0.29, 0.717) is 11.8 Å². The van der Waals surface area contributed by atoms with Gasteiger partial charge in [0.15, 0.2) is 0 Å². The van der Waals surface area contributed by atoms with Crippen LogP contribution in [-0.4, -0.2) is 27.2 Å². The number of fused-ring (bicyclic) bond motifs is 4. The van der Waals surface area contributed by atoms with Crippen molar-refractivity contribution in [3.05, 3.63) is 175 Å². The molecular formula is C55H56IrN4Si-2. The molecule has 0 saturated heterocycles. The van der Waals surface area contributed by atoms with Gasteiger partial charge in [-0.2, -0.15) is 0 Å². The molecule has 0 saturated carbocycles. The van der Waals surface area contributed by atoms with Gasteiger partial charge >= 0.3 is 0 Å². The average molecular weight is 995 g/mol. The van der Waals surface area contributed by atoms with Gasteiger partial charge < -0.3 is 14.1 Å². The van der Waals surface area contributed by atoms with Crippen molar-refractivity contribution >= 4 is 46.1 Å². The zero-order chi connectivity index (χ0) is 43.9. The molecule has 1 radical (unpaired) electrons. The topological polar surface area (TPSA) is 35.6 Å². The summed E-state index contributed by atoms with van der Waals surface area (Å²) in [5, 5.41) is 3.53. The molecule has 6 heteroatoms. The third kappa shape index (κ3) is 8.86. The molecule has 0 unspecified atom stereocenters. The molecule has 3 heterocycles. The number of pyridine rings is 1. The largest absolute Gasteiger partial charge is 0.351 e. The van der Waals surface area contributed by atoms with Crippen molar-refractivity contribution in [3.63, 3.8) is 0 Å². The fraction of sp³-hybridized carbons (Fsp3) is 0.236. The van der Waals surface area contributed by atoms with Gasteiger partial charge in [0.05, 0.1) is 24.9 Å². The molecule has 0 bridgehead atoms. The minimum atomic E-state index is -1.67. The maximum absolute atomic E-state index is 8.55. The molecule has 61 heavy (non-hydrogen) atoms. The van der Waals surface area contributed by atoms with Crippen molar-refractivity contribution < 1.29 is 22.8 Å². The minimum absolute atomic E-state index is 0. The molecule has 4 nitrogen and oxygen atoms in total. The molecule has 3 aromatic heterocycles. The first kappa shape index (κ1) is 41.0. The number of benzene rings is 6. The Hall–Kier alpha value is -5.39. The fourth-order valence-corrected chi connectivity index (χ4v) is 9.69. The van der Waals surface area contributed by atoms with Gasteiger partial charge in [-0.05, 0) is 87.4 Å². The number of imidazole rings is 1. The molecular weight excluding hydrogens is 937 g/mol. The molecule has 0 N–H and O–H groups in total. The van der Waals surface area contributed by atoms with E-state index in [-0.39, 0.29) is 26.0 Å². The predicted molar refractivity (Wildman–Crippen MR) is 258 cm³/mol. The Balaban J connectivity index is 0.000000221. The normalized spacial score (nSPS) is 12.5. The molecule has 0 spiro atoms. The minimum Gasteiger partial charge on any atom is -0.351 e.